The van der Waals surface area contributed by atoms with Gasteiger partial charge in [0, 0.05) is 19.2 Å². The summed E-state index contributed by atoms with van der Waals surface area (Å²) >= 11 is 1.41. The molecule has 1 fully saturated rings. The van der Waals surface area contributed by atoms with E-state index < -0.39 is 5.91 Å². The number of primary amides is 1. The molecule has 0 spiro atoms. The molecule has 2 aromatic rings. The van der Waals surface area contributed by atoms with Crippen LogP contribution in [0.4, 0.5) is 5.00 Å². The van der Waals surface area contributed by atoms with Gasteiger partial charge in [0.25, 0.3) is 5.91 Å². The average Bonchev–Trinajstić information content (AvgIpc) is 3.07. The third-order valence-electron chi connectivity index (χ3n) is 4.82. The maximum atomic E-state index is 11.9. The van der Waals surface area contributed by atoms with E-state index in [1.54, 1.807) is 0 Å². The number of anilines is 1. The van der Waals surface area contributed by atoms with Gasteiger partial charge in [-0.25, -0.2) is 0 Å². The number of carbonyl (C=O) groups excluding carboxylic acids is 1. The van der Waals surface area contributed by atoms with E-state index in [1.807, 2.05) is 12.1 Å². The highest BCUT2D eigenvalue weighted by Gasteiger charge is 2.26. The Labute approximate surface area is 151 Å². The highest BCUT2D eigenvalue weighted by atomic mass is 32.1. The smallest absolute Gasteiger partial charge is 0.262 e. The molecular formula is C19H22N2O3S. The highest BCUT2D eigenvalue weighted by Crippen LogP contribution is 2.40. The summed E-state index contributed by atoms with van der Waals surface area (Å²) in [4.78, 5) is 14.6. The molecule has 0 radical (unpaired) electrons. The molecule has 1 aliphatic carbocycles. The van der Waals surface area contributed by atoms with Crippen molar-refractivity contribution in [1.82, 2.24) is 0 Å². The molecule has 5 nitrogen and oxygen atoms in total. The Morgan fingerprint density at radius 1 is 1.28 bits per heavy atom. The number of nitrogens with zero attached hydrogens (tertiary/aromatic N) is 1. The van der Waals surface area contributed by atoms with Crippen molar-refractivity contribution in [3.63, 3.8) is 0 Å². The van der Waals surface area contributed by atoms with Crippen molar-refractivity contribution >= 4 is 22.2 Å². The van der Waals surface area contributed by atoms with E-state index in [1.165, 1.54) is 22.5 Å². The normalized spacial score (nSPS) is 20.2. The van der Waals surface area contributed by atoms with Crippen LogP contribution >= 0.6 is 11.3 Å². The third kappa shape index (κ3) is 3.37. The van der Waals surface area contributed by atoms with Gasteiger partial charge in [0.1, 0.15) is 16.7 Å². The molecule has 2 N–H and O–H groups in total. The Balaban J connectivity index is 1.62. The van der Waals surface area contributed by atoms with Crippen LogP contribution in [0.3, 0.4) is 0 Å². The van der Waals surface area contributed by atoms with Crippen molar-refractivity contribution in [2.45, 2.75) is 25.4 Å². The van der Waals surface area contributed by atoms with Gasteiger partial charge in [-0.3, -0.25) is 4.79 Å². The van der Waals surface area contributed by atoms with Gasteiger partial charge in [-0.05, 0) is 30.4 Å². The summed E-state index contributed by atoms with van der Waals surface area (Å²) in [6, 6.07) is 10.4. The Hall–Kier alpha value is -2.05. The molecule has 2 aliphatic rings. The largest absolute Gasteiger partial charge is 0.484 e. The molecule has 0 saturated carbocycles. The maximum absolute atomic E-state index is 11.9. The molecule has 1 aliphatic heterocycles. The molecule has 132 valence electrons. The number of rotatable bonds is 4. The lowest BCUT2D eigenvalue weighted by molar-refractivity contribution is 0.0996. The third-order valence-corrected chi connectivity index (χ3v) is 6.01. The van der Waals surface area contributed by atoms with Gasteiger partial charge in [-0.2, -0.15) is 0 Å². The lowest BCUT2D eigenvalue weighted by atomic mass is 9.89. The summed E-state index contributed by atoms with van der Waals surface area (Å²) < 4.78 is 11.7. The summed E-state index contributed by atoms with van der Waals surface area (Å²) in [7, 11) is 0. The van der Waals surface area contributed by atoms with Crippen LogP contribution in [0.1, 0.15) is 39.7 Å². The standard InChI is InChI=1S/C19H22N2O3S/c20-19(22)18-16(12-17(25-18)21-8-10-23-11-9-21)24-15-7-3-5-13-4-1-2-6-14(13)15/h1-2,4,6,12,15H,3,5,7-11H2,(H2,20,22). The Kier molecular flexibility index (Phi) is 4.63. The van der Waals surface area contributed by atoms with Crippen LogP contribution in [0.25, 0.3) is 0 Å². The first kappa shape index (κ1) is 16.4. The van der Waals surface area contributed by atoms with Gasteiger partial charge >= 0.3 is 0 Å². The number of amides is 1. The number of hydrogen-bond donors (Lipinski definition) is 1. The minimum atomic E-state index is -0.427. The Morgan fingerprint density at radius 3 is 2.88 bits per heavy atom. The second kappa shape index (κ2) is 7.06. The van der Waals surface area contributed by atoms with E-state index in [4.69, 9.17) is 15.2 Å². The number of ether oxygens (including phenoxy) is 2. The molecule has 1 atom stereocenters. The predicted octanol–water partition coefficient (Wildman–Crippen LogP) is 3.14. The molecular weight excluding hydrogens is 336 g/mol. The Bertz CT molecular complexity index is 768. The molecule has 1 unspecified atom stereocenters. The molecule has 1 aromatic heterocycles. The van der Waals surface area contributed by atoms with Crippen LogP contribution in [0, 0.1) is 0 Å². The van der Waals surface area contributed by atoms with Gasteiger partial charge in [-0.1, -0.05) is 24.3 Å². The Morgan fingerprint density at radius 2 is 2.08 bits per heavy atom. The number of nitrogens with two attached hydrogens (primary N) is 1. The van der Waals surface area contributed by atoms with E-state index in [0.29, 0.717) is 23.8 Å². The monoisotopic (exact) mass is 358 g/mol. The summed E-state index contributed by atoms with van der Waals surface area (Å²) in [6.45, 7) is 3.06. The van der Waals surface area contributed by atoms with Crippen molar-refractivity contribution in [2.24, 2.45) is 5.73 Å². The number of fused-ring (bicyclic) bond motifs is 1. The zero-order valence-electron chi connectivity index (χ0n) is 14.1. The first-order valence-corrected chi connectivity index (χ1v) is 9.55. The molecule has 6 heteroatoms. The van der Waals surface area contributed by atoms with Crippen LogP contribution in [0.2, 0.25) is 0 Å². The second-order valence-electron chi connectivity index (χ2n) is 6.44. The average molecular weight is 358 g/mol. The van der Waals surface area contributed by atoms with Crippen molar-refractivity contribution in [3.05, 3.63) is 46.3 Å². The fourth-order valence-electron chi connectivity index (χ4n) is 3.55. The first-order chi connectivity index (χ1) is 12.2. The summed E-state index contributed by atoms with van der Waals surface area (Å²) in [5.74, 6) is 0.185. The van der Waals surface area contributed by atoms with E-state index in [9.17, 15) is 4.79 Å². The minimum Gasteiger partial charge on any atom is -0.484 e. The van der Waals surface area contributed by atoms with E-state index >= 15 is 0 Å². The second-order valence-corrected chi connectivity index (χ2v) is 7.47. The van der Waals surface area contributed by atoms with E-state index in [2.05, 4.69) is 23.1 Å². The topological polar surface area (TPSA) is 64.8 Å². The quantitative estimate of drug-likeness (QED) is 0.912. The van der Waals surface area contributed by atoms with Crippen molar-refractivity contribution in [2.75, 3.05) is 31.2 Å². The predicted molar refractivity (Wildman–Crippen MR) is 98.6 cm³/mol. The number of morpholine rings is 1. The lowest BCUT2D eigenvalue weighted by Crippen LogP contribution is -2.35. The molecule has 1 saturated heterocycles. The number of aryl methyl sites for hydroxylation is 1. The van der Waals surface area contributed by atoms with Gasteiger partial charge in [0.2, 0.25) is 0 Å². The fourth-order valence-corrected chi connectivity index (χ4v) is 4.54. The van der Waals surface area contributed by atoms with Gasteiger partial charge < -0.3 is 20.1 Å². The van der Waals surface area contributed by atoms with Crippen molar-refractivity contribution < 1.29 is 14.3 Å². The molecule has 0 bridgehead atoms. The summed E-state index contributed by atoms with van der Waals surface area (Å²) in [6.07, 6.45) is 3.11. The summed E-state index contributed by atoms with van der Waals surface area (Å²) in [5, 5.41) is 1.02. The van der Waals surface area contributed by atoms with Gasteiger partial charge in [0.15, 0.2) is 0 Å². The number of carbonyl (C=O) groups is 1. The van der Waals surface area contributed by atoms with Gasteiger partial charge in [-0.15, -0.1) is 11.3 Å². The number of benzene rings is 1. The van der Waals surface area contributed by atoms with E-state index in [0.717, 1.165) is 37.4 Å². The van der Waals surface area contributed by atoms with Crippen molar-refractivity contribution in [1.29, 1.82) is 0 Å². The van der Waals surface area contributed by atoms with E-state index in [-0.39, 0.29) is 6.10 Å². The highest BCUT2D eigenvalue weighted by molar-refractivity contribution is 7.18. The SMILES string of the molecule is NC(=O)c1sc(N2CCOCC2)cc1OC1CCCc2ccccc21. The fraction of sp³-hybridized carbons (Fsp3) is 0.421. The summed E-state index contributed by atoms with van der Waals surface area (Å²) in [5.41, 5.74) is 8.17. The molecule has 2 heterocycles. The number of thiophene rings is 1. The molecule has 1 aromatic carbocycles. The van der Waals surface area contributed by atoms with Crippen LogP contribution in [0.15, 0.2) is 30.3 Å². The first-order valence-electron chi connectivity index (χ1n) is 8.73. The maximum Gasteiger partial charge on any atom is 0.262 e. The van der Waals surface area contributed by atoms with Crippen LogP contribution in [-0.2, 0) is 11.2 Å². The minimum absolute atomic E-state index is 0.0183. The zero-order chi connectivity index (χ0) is 17.2. The van der Waals surface area contributed by atoms with Crippen LogP contribution in [0.5, 0.6) is 5.75 Å². The lowest BCUT2D eigenvalue weighted by Gasteiger charge is -2.27. The molecule has 4 rings (SSSR count). The zero-order valence-corrected chi connectivity index (χ0v) is 14.9. The van der Waals surface area contributed by atoms with Crippen LogP contribution < -0.4 is 15.4 Å². The molecule has 25 heavy (non-hydrogen) atoms. The van der Waals surface area contributed by atoms with Crippen LogP contribution in [-0.4, -0.2) is 32.2 Å². The molecule has 1 amide bonds. The van der Waals surface area contributed by atoms with Crippen molar-refractivity contribution in [3.8, 4) is 5.75 Å². The van der Waals surface area contributed by atoms with Gasteiger partial charge in [0.05, 0.1) is 18.2 Å². The number of hydrogen-bond acceptors (Lipinski definition) is 5.